The Hall–Kier alpha value is -3.13. The third kappa shape index (κ3) is 4.20. The lowest BCUT2D eigenvalue weighted by atomic mass is 10.2. The average Bonchev–Trinajstić information content (AvgIpc) is 2.56. The summed E-state index contributed by atoms with van der Waals surface area (Å²) in [7, 11) is 1.34. The van der Waals surface area contributed by atoms with Crippen molar-refractivity contribution < 1.29 is 19.2 Å². The number of non-ortho nitro benzene ring substituents is 1. The van der Waals surface area contributed by atoms with Crippen molar-refractivity contribution in [2.24, 2.45) is 0 Å². The molecule has 0 bridgehead atoms. The van der Waals surface area contributed by atoms with E-state index in [1.807, 2.05) is 0 Å². The topological polar surface area (TPSA) is 111 Å². The van der Waals surface area contributed by atoms with Crippen molar-refractivity contribution in [1.82, 2.24) is 0 Å². The highest BCUT2D eigenvalue weighted by atomic mass is 35.5. The van der Waals surface area contributed by atoms with Crippen LogP contribution in [0.1, 0.15) is 0 Å². The van der Waals surface area contributed by atoms with E-state index in [0.717, 1.165) is 6.07 Å². The summed E-state index contributed by atoms with van der Waals surface area (Å²) >= 11 is 5.73. The lowest BCUT2D eigenvalue weighted by Gasteiger charge is -2.10. The maximum absolute atomic E-state index is 12.0. The molecule has 8 nitrogen and oxygen atoms in total. The van der Waals surface area contributed by atoms with Gasteiger partial charge in [-0.3, -0.25) is 19.7 Å². The van der Waals surface area contributed by atoms with Gasteiger partial charge in [-0.05, 0) is 30.3 Å². The molecule has 2 rings (SSSR count). The van der Waals surface area contributed by atoms with Crippen molar-refractivity contribution in [2.45, 2.75) is 0 Å². The molecule has 0 spiro atoms. The first-order valence-electron chi connectivity index (χ1n) is 6.61. The van der Waals surface area contributed by atoms with Gasteiger partial charge in [0.2, 0.25) is 0 Å². The molecule has 0 radical (unpaired) electrons. The summed E-state index contributed by atoms with van der Waals surface area (Å²) < 4.78 is 5.01. The number of hydrogen-bond donors (Lipinski definition) is 2. The zero-order valence-corrected chi connectivity index (χ0v) is 13.2. The second-order valence-electron chi connectivity index (χ2n) is 4.56. The van der Waals surface area contributed by atoms with Crippen LogP contribution in [0.3, 0.4) is 0 Å². The summed E-state index contributed by atoms with van der Waals surface area (Å²) in [6.07, 6.45) is 0. The second-order valence-corrected chi connectivity index (χ2v) is 4.99. The van der Waals surface area contributed by atoms with E-state index in [0.29, 0.717) is 10.7 Å². The van der Waals surface area contributed by atoms with Crippen molar-refractivity contribution in [3.63, 3.8) is 0 Å². The Balaban J connectivity index is 2.13. The van der Waals surface area contributed by atoms with Crippen LogP contribution in [-0.4, -0.2) is 23.8 Å². The van der Waals surface area contributed by atoms with Crippen LogP contribution in [0, 0.1) is 10.1 Å². The molecular formula is C15H12ClN3O5. The molecule has 9 heteroatoms. The van der Waals surface area contributed by atoms with Crippen LogP contribution in [0.5, 0.6) is 5.75 Å². The van der Waals surface area contributed by atoms with Gasteiger partial charge in [0.05, 0.1) is 17.7 Å². The van der Waals surface area contributed by atoms with E-state index in [2.05, 4.69) is 10.6 Å². The summed E-state index contributed by atoms with van der Waals surface area (Å²) in [5.41, 5.74) is 0.151. The summed E-state index contributed by atoms with van der Waals surface area (Å²) in [5, 5.41) is 15.9. The van der Waals surface area contributed by atoms with Gasteiger partial charge in [-0.25, -0.2) is 0 Å². The van der Waals surface area contributed by atoms with E-state index in [4.69, 9.17) is 16.3 Å². The van der Waals surface area contributed by atoms with Crippen molar-refractivity contribution in [2.75, 3.05) is 17.7 Å². The van der Waals surface area contributed by atoms with Crippen LogP contribution in [0.2, 0.25) is 5.02 Å². The highest BCUT2D eigenvalue weighted by Gasteiger charge is 2.18. The highest BCUT2D eigenvalue weighted by molar-refractivity contribution is 6.43. The number of nitro groups is 1. The van der Waals surface area contributed by atoms with Gasteiger partial charge in [0.25, 0.3) is 5.69 Å². The van der Waals surface area contributed by atoms with Crippen molar-refractivity contribution >= 4 is 40.5 Å². The Morgan fingerprint density at radius 1 is 1.08 bits per heavy atom. The number of nitro benzene ring substituents is 1. The normalized spacial score (nSPS) is 9.92. The summed E-state index contributed by atoms with van der Waals surface area (Å²) in [6, 6.07) is 9.82. The number of anilines is 2. The standard InChI is InChI=1S/C15H12ClN3O5/c1-24-13-7-6-11(19(22)23)8-12(13)18-15(21)14(20)17-10-4-2-9(16)3-5-10/h2-8H,1H3,(H,17,20)(H,18,21). The number of amides is 2. The highest BCUT2D eigenvalue weighted by Crippen LogP contribution is 2.28. The molecule has 0 aliphatic heterocycles. The van der Waals surface area contributed by atoms with E-state index >= 15 is 0 Å². The van der Waals surface area contributed by atoms with Gasteiger partial charge in [0.15, 0.2) is 0 Å². The second kappa shape index (κ2) is 7.42. The third-order valence-corrected chi connectivity index (χ3v) is 3.20. The van der Waals surface area contributed by atoms with Gasteiger partial charge in [0.1, 0.15) is 5.75 Å². The summed E-state index contributed by atoms with van der Waals surface area (Å²) in [4.78, 5) is 34.0. The first kappa shape index (κ1) is 17.2. The van der Waals surface area contributed by atoms with Crippen LogP contribution >= 0.6 is 11.6 Å². The molecule has 0 heterocycles. The van der Waals surface area contributed by atoms with Gasteiger partial charge in [-0.2, -0.15) is 0 Å². The van der Waals surface area contributed by atoms with Gasteiger partial charge < -0.3 is 15.4 Å². The molecule has 0 aliphatic carbocycles. The van der Waals surface area contributed by atoms with Crippen LogP contribution in [0.15, 0.2) is 42.5 Å². The Morgan fingerprint density at radius 2 is 1.71 bits per heavy atom. The first-order chi connectivity index (χ1) is 11.4. The van der Waals surface area contributed by atoms with Gasteiger partial charge in [0, 0.05) is 22.8 Å². The van der Waals surface area contributed by atoms with Crippen molar-refractivity contribution in [1.29, 1.82) is 0 Å². The average molecular weight is 350 g/mol. The van der Waals surface area contributed by atoms with E-state index in [1.54, 1.807) is 12.1 Å². The Kier molecular flexibility index (Phi) is 5.33. The zero-order chi connectivity index (χ0) is 17.7. The molecule has 0 atom stereocenters. The minimum Gasteiger partial charge on any atom is -0.495 e. The molecular weight excluding hydrogens is 338 g/mol. The predicted octanol–water partition coefficient (Wildman–Crippen LogP) is 2.83. The number of hydrogen-bond acceptors (Lipinski definition) is 5. The predicted molar refractivity (Wildman–Crippen MR) is 88.4 cm³/mol. The fourth-order valence-corrected chi connectivity index (χ4v) is 1.93. The van der Waals surface area contributed by atoms with Crippen LogP contribution in [0.25, 0.3) is 0 Å². The first-order valence-corrected chi connectivity index (χ1v) is 6.99. The quantitative estimate of drug-likeness (QED) is 0.501. The minimum atomic E-state index is -0.997. The SMILES string of the molecule is COc1ccc([N+](=O)[O-])cc1NC(=O)C(=O)Nc1ccc(Cl)cc1. The summed E-state index contributed by atoms with van der Waals surface area (Å²) in [6.45, 7) is 0. The molecule has 0 aromatic heterocycles. The Morgan fingerprint density at radius 3 is 2.29 bits per heavy atom. The summed E-state index contributed by atoms with van der Waals surface area (Å²) in [5.74, 6) is -1.75. The number of nitrogens with zero attached hydrogens (tertiary/aromatic N) is 1. The fourth-order valence-electron chi connectivity index (χ4n) is 1.81. The number of benzene rings is 2. The molecule has 0 saturated heterocycles. The number of rotatable bonds is 4. The van der Waals surface area contributed by atoms with Gasteiger partial charge in [-0.15, -0.1) is 0 Å². The van der Waals surface area contributed by atoms with Crippen LogP contribution < -0.4 is 15.4 Å². The maximum atomic E-state index is 12.0. The molecule has 0 unspecified atom stereocenters. The van der Waals surface area contributed by atoms with Crippen molar-refractivity contribution in [3.8, 4) is 5.75 Å². The monoisotopic (exact) mass is 349 g/mol. The molecule has 0 aliphatic rings. The molecule has 2 aromatic carbocycles. The number of carbonyl (C=O) groups is 2. The molecule has 2 N–H and O–H groups in total. The third-order valence-electron chi connectivity index (χ3n) is 2.95. The van der Waals surface area contributed by atoms with E-state index in [9.17, 15) is 19.7 Å². The van der Waals surface area contributed by atoms with Gasteiger partial charge >= 0.3 is 11.8 Å². The number of nitrogens with one attached hydrogen (secondary N) is 2. The lowest BCUT2D eigenvalue weighted by Crippen LogP contribution is -2.29. The Bertz CT molecular complexity index is 792. The van der Waals surface area contributed by atoms with Crippen LogP contribution in [0.4, 0.5) is 17.1 Å². The number of ether oxygens (including phenoxy) is 1. The Labute approximate surface area is 141 Å². The molecule has 124 valence electrons. The molecule has 0 saturated carbocycles. The number of carbonyl (C=O) groups excluding carboxylic acids is 2. The maximum Gasteiger partial charge on any atom is 0.314 e. The molecule has 24 heavy (non-hydrogen) atoms. The largest absolute Gasteiger partial charge is 0.495 e. The van der Waals surface area contributed by atoms with Gasteiger partial charge in [-0.1, -0.05) is 11.6 Å². The zero-order valence-electron chi connectivity index (χ0n) is 12.4. The van der Waals surface area contributed by atoms with E-state index < -0.39 is 16.7 Å². The van der Waals surface area contributed by atoms with E-state index in [-0.39, 0.29) is 17.1 Å². The molecule has 2 aromatic rings. The van der Waals surface area contributed by atoms with E-state index in [1.165, 1.54) is 31.4 Å². The number of halogens is 1. The van der Waals surface area contributed by atoms with Crippen LogP contribution in [-0.2, 0) is 9.59 Å². The number of methoxy groups -OCH3 is 1. The minimum absolute atomic E-state index is 0.0166. The molecule has 2 amide bonds. The molecule has 0 fully saturated rings. The van der Waals surface area contributed by atoms with Crippen molar-refractivity contribution in [3.05, 3.63) is 57.6 Å². The lowest BCUT2D eigenvalue weighted by molar-refractivity contribution is -0.384. The smallest absolute Gasteiger partial charge is 0.314 e. The fraction of sp³-hybridized carbons (Fsp3) is 0.0667.